The minimum atomic E-state index is 0.680. The van der Waals surface area contributed by atoms with Crippen LogP contribution in [0.4, 0.5) is 0 Å². The van der Waals surface area contributed by atoms with Gasteiger partial charge in [-0.25, -0.2) is 0 Å². The lowest BCUT2D eigenvalue weighted by atomic mass is 10.1. The number of furan rings is 1. The van der Waals surface area contributed by atoms with Gasteiger partial charge in [-0.2, -0.15) is 5.10 Å². The summed E-state index contributed by atoms with van der Waals surface area (Å²) in [7, 11) is 3.27. The average molecular weight is 327 g/mol. The number of hydrogen-bond donors (Lipinski definition) is 2. The SMILES string of the molecule is COc1ccc(CNCc2cn[nH]c2-c2ccc(C)o2)cc1OC. The summed E-state index contributed by atoms with van der Waals surface area (Å²) < 4.78 is 16.2. The summed E-state index contributed by atoms with van der Waals surface area (Å²) in [6, 6.07) is 9.78. The van der Waals surface area contributed by atoms with E-state index in [9.17, 15) is 0 Å². The molecular weight excluding hydrogens is 306 g/mol. The molecule has 6 heteroatoms. The summed E-state index contributed by atoms with van der Waals surface area (Å²) in [5.41, 5.74) is 3.08. The second kappa shape index (κ2) is 7.23. The zero-order chi connectivity index (χ0) is 16.9. The van der Waals surface area contributed by atoms with Crippen molar-refractivity contribution in [1.82, 2.24) is 15.5 Å². The Bertz CT molecular complexity index is 807. The molecule has 3 aromatic rings. The largest absolute Gasteiger partial charge is 0.493 e. The number of aryl methyl sites for hydroxylation is 1. The summed E-state index contributed by atoms with van der Waals surface area (Å²) in [6.45, 7) is 3.32. The molecule has 0 unspecified atom stereocenters. The van der Waals surface area contributed by atoms with E-state index in [4.69, 9.17) is 13.9 Å². The van der Waals surface area contributed by atoms with Gasteiger partial charge in [-0.1, -0.05) is 6.07 Å². The van der Waals surface area contributed by atoms with Crippen molar-refractivity contribution in [2.45, 2.75) is 20.0 Å². The minimum Gasteiger partial charge on any atom is -0.493 e. The first-order valence-corrected chi connectivity index (χ1v) is 7.72. The third-order valence-corrected chi connectivity index (χ3v) is 3.80. The maximum Gasteiger partial charge on any atom is 0.161 e. The Hall–Kier alpha value is -2.73. The summed E-state index contributed by atoms with van der Waals surface area (Å²) in [4.78, 5) is 0. The van der Waals surface area contributed by atoms with Gasteiger partial charge >= 0.3 is 0 Å². The molecule has 24 heavy (non-hydrogen) atoms. The maximum absolute atomic E-state index is 5.66. The Balaban J connectivity index is 1.64. The number of H-pyrrole nitrogens is 1. The molecule has 0 spiro atoms. The topological polar surface area (TPSA) is 72.3 Å². The van der Waals surface area contributed by atoms with E-state index >= 15 is 0 Å². The number of benzene rings is 1. The maximum atomic E-state index is 5.66. The molecule has 0 aliphatic carbocycles. The molecule has 0 atom stereocenters. The fourth-order valence-corrected chi connectivity index (χ4v) is 2.56. The van der Waals surface area contributed by atoms with Gasteiger partial charge in [-0.15, -0.1) is 0 Å². The van der Waals surface area contributed by atoms with Crippen molar-refractivity contribution < 1.29 is 13.9 Å². The standard InChI is InChI=1S/C18H21N3O3/c1-12-4-6-16(24-12)18-14(11-20-21-18)10-19-9-13-5-7-15(22-2)17(8-13)23-3/h4-8,11,19H,9-10H2,1-3H3,(H,20,21). The highest BCUT2D eigenvalue weighted by Crippen LogP contribution is 2.27. The van der Waals surface area contributed by atoms with E-state index in [1.807, 2.05) is 43.5 Å². The van der Waals surface area contributed by atoms with Crippen molar-refractivity contribution in [2.24, 2.45) is 0 Å². The molecule has 1 aromatic carbocycles. The van der Waals surface area contributed by atoms with E-state index in [0.717, 1.165) is 39.8 Å². The van der Waals surface area contributed by atoms with Gasteiger partial charge in [-0.3, -0.25) is 5.10 Å². The third kappa shape index (κ3) is 3.44. The summed E-state index contributed by atoms with van der Waals surface area (Å²) in [6.07, 6.45) is 1.81. The third-order valence-electron chi connectivity index (χ3n) is 3.80. The van der Waals surface area contributed by atoms with Crippen molar-refractivity contribution in [1.29, 1.82) is 0 Å². The van der Waals surface area contributed by atoms with Gasteiger partial charge < -0.3 is 19.2 Å². The Kier molecular flexibility index (Phi) is 4.86. The molecule has 0 saturated heterocycles. The van der Waals surface area contributed by atoms with Gasteiger partial charge in [0.25, 0.3) is 0 Å². The van der Waals surface area contributed by atoms with Crippen LogP contribution in [0.5, 0.6) is 11.5 Å². The quantitative estimate of drug-likeness (QED) is 0.697. The van der Waals surface area contributed by atoms with Gasteiger partial charge in [0, 0.05) is 18.7 Å². The van der Waals surface area contributed by atoms with Crippen LogP contribution in [0.3, 0.4) is 0 Å². The van der Waals surface area contributed by atoms with E-state index in [-0.39, 0.29) is 0 Å². The van der Waals surface area contributed by atoms with Crippen LogP contribution in [0.2, 0.25) is 0 Å². The van der Waals surface area contributed by atoms with E-state index in [1.54, 1.807) is 14.2 Å². The molecule has 2 aromatic heterocycles. The number of methoxy groups -OCH3 is 2. The fraction of sp³-hybridized carbons (Fsp3) is 0.278. The van der Waals surface area contributed by atoms with Gasteiger partial charge in [0.05, 0.1) is 20.4 Å². The van der Waals surface area contributed by atoms with Crippen molar-refractivity contribution >= 4 is 0 Å². The lowest BCUT2D eigenvalue weighted by molar-refractivity contribution is 0.354. The monoisotopic (exact) mass is 327 g/mol. The predicted octanol–water partition coefficient (Wildman–Crippen LogP) is 3.29. The van der Waals surface area contributed by atoms with E-state index in [2.05, 4.69) is 15.5 Å². The van der Waals surface area contributed by atoms with E-state index in [0.29, 0.717) is 13.1 Å². The molecule has 0 fully saturated rings. The van der Waals surface area contributed by atoms with Crippen LogP contribution in [-0.4, -0.2) is 24.4 Å². The second-order valence-electron chi connectivity index (χ2n) is 5.47. The molecule has 0 aliphatic rings. The first-order valence-electron chi connectivity index (χ1n) is 7.72. The Morgan fingerprint density at radius 1 is 1.08 bits per heavy atom. The number of hydrogen-bond acceptors (Lipinski definition) is 5. The predicted molar refractivity (Wildman–Crippen MR) is 91.1 cm³/mol. The normalized spacial score (nSPS) is 10.8. The highest BCUT2D eigenvalue weighted by molar-refractivity contribution is 5.56. The van der Waals surface area contributed by atoms with E-state index < -0.39 is 0 Å². The number of rotatable bonds is 7. The number of aromatic amines is 1. The zero-order valence-corrected chi connectivity index (χ0v) is 14.1. The molecule has 126 valence electrons. The van der Waals surface area contributed by atoms with Crippen LogP contribution in [0.25, 0.3) is 11.5 Å². The summed E-state index contributed by atoms with van der Waals surface area (Å²) >= 11 is 0. The van der Waals surface area contributed by atoms with E-state index in [1.165, 1.54) is 0 Å². The highest BCUT2D eigenvalue weighted by atomic mass is 16.5. The smallest absolute Gasteiger partial charge is 0.161 e. The number of nitrogens with zero attached hydrogens (tertiary/aromatic N) is 1. The number of ether oxygens (including phenoxy) is 2. The fourth-order valence-electron chi connectivity index (χ4n) is 2.56. The molecule has 6 nitrogen and oxygen atoms in total. The zero-order valence-electron chi connectivity index (χ0n) is 14.1. The van der Waals surface area contributed by atoms with Crippen molar-refractivity contribution in [3.05, 3.63) is 53.4 Å². The minimum absolute atomic E-state index is 0.680. The molecule has 3 rings (SSSR count). The van der Waals surface area contributed by atoms with Crippen LogP contribution in [0.1, 0.15) is 16.9 Å². The lowest BCUT2D eigenvalue weighted by Crippen LogP contribution is -2.13. The van der Waals surface area contributed by atoms with Crippen LogP contribution >= 0.6 is 0 Å². The second-order valence-corrected chi connectivity index (χ2v) is 5.47. The van der Waals surface area contributed by atoms with Crippen LogP contribution in [0, 0.1) is 6.92 Å². The Morgan fingerprint density at radius 2 is 1.92 bits per heavy atom. The van der Waals surface area contributed by atoms with Crippen molar-refractivity contribution in [3.8, 4) is 23.0 Å². The van der Waals surface area contributed by atoms with Gasteiger partial charge in [0.15, 0.2) is 17.3 Å². The first-order chi connectivity index (χ1) is 11.7. The molecule has 2 N–H and O–H groups in total. The molecular formula is C18H21N3O3. The Morgan fingerprint density at radius 3 is 2.62 bits per heavy atom. The van der Waals surface area contributed by atoms with Gasteiger partial charge in [0.2, 0.25) is 0 Å². The van der Waals surface area contributed by atoms with Gasteiger partial charge in [-0.05, 0) is 36.8 Å². The van der Waals surface area contributed by atoms with Gasteiger partial charge in [0.1, 0.15) is 11.5 Å². The summed E-state index contributed by atoms with van der Waals surface area (Å²) in [5.74, 6) is 3.13. The number of nitrogens with one attached hydrogen (secondary N) is 2. The first kappa shape index (κ1) is 16.1. The molecule has 0 radical (unpaired) electrons. The highest BCUT2D eigenvalue weighted by Gasteiger charge is 2.11. The summed E-state index contributed by atoms with van der Waals surface area (Å²) in [5, 5.41) is 10.5. The molecule has 0 bridgehead atoms. The molecule has 2 heterocycles. The molecule has 0 saturated carbocycles. The van der Waals surface area contributed by atoms with Crippen molar-refractivity contribution in [2.75, 3.05) is 14.2 Å². The number of aromatic nitrogens is 2. The lowest BCUT2D eigenvalue weighted by Gasteiger charge is -2.10. The van der Waals surface area contributed by atoms with Crippen LogP contribution in [-0.2, 0) is 13.1 Å². The molecule has 0 aliphatic heterocycles. The van der Waals surface area contributed by atoms with Crippen LogP contribution < -0.4 is 14.8 Å². The Labute approximate surface area is 140 Å². The van der Waals surface area contributed by atoms with Crippen LogP contribution in [0.15, 0.2) is 40.9 Å². The average Bonchev–Trinajstić information content (AvgIpc) is 3.23. The van der Waals surface area contributed by atoms with Crippen molar-refractivity contribution in [3.63, 3.8) is 0 Å². The molecule has 0 amide bonds.